The molecule has 4 aliphatic rings. The predicted molar refractivity (Wildman–Crippen MR) is 255 cm³/mol. The van der Waals surface area contributed by atoms with Gasteiger partial charge in [-0.25, -0.2) is 19.0 Å². The van der Waals surface area contributed by atoms with Gasteiger partial charge in [-0.15, -0.1) is 0 Å². The van der Waals surface area contributed by atoms with Crippen LogP contribution in [0.4, 0.5) is 0 Å². The molecule has 6 heterocycles. The third-order valence-electron chi connectivity index (χ3n) is 14.2. The molecule has 2 saturated heterocycles. The van der Waals surface area contributed by atoms with Crippen molar-refractivity contribution in [3.63, 3.8) is 0 Å². The summed E-state index contributed by atoms with van der Waals surface area (Å²) in [4.78, 5) is 40.8. The molecule has 2 aromatic carbocycles. The highest BCUT2D eigenvalue weighted by atomic mass is 16.5. The quantitative estimate of drug-likeness (QED) is 0.157. The number of nitriles is 1. The van der Waals surface area contributed by atoms with E-state index in [1.54, 1.807) is 31.4 Å². The lowest BCUT2D eigenvalue weighted by Gasteiger charge is -2.35. The lowest BCUT2D eigenvalue weighted by Crippen LogP contribution is -2.39. The van der Waals surface area contributed by atoms with Crippen LogP contribution in [0.25, 0.3) is 11.3 Å². The third kappa shape index (κ3) is 9.28. The number of fused-ring (bicyclic) bond motifs is 2. The van der Waals surface area contributed by atoms with Gasteiger partial charge in [0.25, 0.3) is 11.8 Å². The van der Waals surface area contributed by atoms with Crippen molar-refractivity contribution < 1.29 is 14.3 Å². The van der Waals surface area contributed by atoms with Crippen molar-refractivity contribution in [2.24, 2.45) is 11.5 Å². The highest BCUT2D eigenvalue weighted by Gasteiger charge is 2.35. The van der Waals surface area contributed by atoms with Gasteiger partial charge in [-0.1, -0.05) is 31.2 Å². The lowest BCUT2D eigenvalue weighted by molar-refractivity contribution is 0.0596. The van der Waals surface area contributed by atoms with Crippen molar-refractivity contribution in [3.05, 3.63) is 123 Å². The van der Waals surface area contributed by atoms with Gasteiger partial charge in [0, 0.05) is 61.5 Å². The fraction of sp³-hybridized carbons (Fsp3) is 0.481. The number of likely N-dealkylation sites (tertiary alicyclic amines) is 2. The van der Waals surface area contributed by atoms with Crippen LogP contribution < -0.4 is 16.2 Å². The molecule has 0 spiro atoms. The number of carbonyl (C=O) groups is 2. The highest BCUT2D eigenvalue weighted by molar-refractivity contribution is 5.98. The number of amides is 2. The predicted octanol–water partition coefficient (Wildman–Crippen LogP) is 8.82. The van der Waals surface area contributed by atoms with Crippen LogP contribution in [0.3, 0.4) is 0 Å². The summed E-state index contributed by atoms with van der Waals surface area (Å²) in [6.45, 7) is 7.56. The number of methoxy groups -OCH3 is 1. The zero-order chi connectivity index (χ0) is 45.4. The molecule has 2 aliphatic heterocycles. The van der Waals surface area contributed by atoms with Crippen molar-refractivity contribution in [1.29, 1.82) is 5.26 Å². The smallest absolute Gasteiger partial charge is 0.258 e. The Morgan fingerprint density at radius 1 is 0.682 bits per heavy atom. The number of benzene rings is 2. The van der Waals surface area contributed by atoms with Crippen LogP contribution >= 0.6 is 0 Å². The second kappa shape index (κ2) is 19.7. The Morgan fingerprint density at radius 2 is 1.20 bits per heavy atom. The number of hydrogen-bond donors (Lipinski definition) is 2. The lowest BCUT2D eigenvalue weighted by atomic mass is 9.97. The van der Waals surface area contributed by atoms with Gasteiger partial charge in [-0.3, -0.25) is 9.59 Å². The Morgan fingerprint density at radius 3 is 1.68 bits per heavy atom. The molecular weight excluding hydrogens is 827 g/mol. The van der Waals surface area contributed by atoms with E-state index in [-0.39, 0.29) is 43.4 Å². The molecule has 2 unspecified atom stereocenters. The molecule has 0 bridgehead atoms. The highest BCUT2D eigenvalue weighted by Crippen LogP contribution is 2.38. The summed E-state index contributed by atoms with van der Waals surface area (Å²) in [5.41, 5.74) is 22.8. The first-order chi connectivity index (χ1) is 31.5. The molecule has 6 atom stereocenters. The normalized spacial score (nSPS) is 23.0. The molecule has 2 amide bonds. The molecule has 14 nitrogen and oxygen atoms in total. The maximum Gasteiger partial charge on any atom is 0.258 e. The van der Waals surface area contributed by atoms with Crippen LogP contribution in [0.5, 0.6) is 5.75 Å². The Labute approximate surface area is 388 Å². The van der Waals surface area contributed by atoms with Gasteiger partial charge >= 0.3 is 0 Å². The molecule has 14 heteroatoms. The van der Waals surface area contributed by atoms with Gasteiger partial charge in [-0.2, -0.15) is 15.5 Å². The summed E-state index contributed by atoms with van der Waals surface area (Å²) in [6.07, 6.45) is 16.2. The minimum atomic E-state index is -0.117. The number of hydrogen-bond acceptors (Lipinski definition) is 10. The third-order valence-corrected chi connectivity index (χ3v) is 14.2. The molecule has 66 heavy (non-hydrogen) atoms. The second-order valence-corrected chi connectivity index (χ2v) is 18.8. The van der Waals surface area contributed by atoms with Crippen LogP contribution in [0.2, 0.25) is 0 Å². The summed E-state index contributed by atoms with van der Waals surface area (Å²) in [7, 11) is 1.61. The van der Waals surface area contributed by atoms with E-state index in [1.807, 2.05) is 56.2 Å². The number of aryl methyl sites for hydroxylation is 3. The standard InChI is InChI=1S/C26H33N5O2.C25H28N6O.CH4/c1-16-7-10-23(33-3)20(12-16)26(32)30-11-5-4-6-22(30)21-14-24-28-25(17(2)15-31(24)29-21)18-8-9-19(27)13-18;1-16-15-31-23(28-24(16)17-9-10-19(27)12-17)13-21(29-31)22-8-4-5-11-30(22)25(32)20-7-3-2-6-18(20)14-26;/h7,10,12,14-15,18-19,22H,4-6,8-9,11,13,27H2,1-3H3;2-3,6-7,13,15,17,19,22H,4-5,8-12,27H2,1H3;1H4/t18?,19-,22-;17?,19-,22-;/m00./s1. The number of nitrogens with zero attached hydrogens (tertiary/aromatic N) is 9. The topological polar surface area (TPSA) is 186 Å². The first-order valence-electron chi connectivity index (χ1n) is 23.5. The first-order valence-corrected chi connectivity index (χ1v) is 23.5. The first kappa shape index (κ1) is 46.4. The van der Waals surface area contributed by atoms with Crippen molar-refractivity contribution in [2.75, 3.05) is 20.2 Å². The van der Waals surface area contributed by atoms with E-state index >= 15 is 0 Å². The molecule has 346 valence electrons. The Hall–Kier alpha value is -6.17. The largest absolute Gasteiger partial charge is 0.496 e. The van der Waals surface area contributed by atoms with Gasteiger partial charge in [0.05, 0.1) is 64.7 Å². The fourth-order valence-electron chi connectivity index (χ4n) is 10.8. The van der Waals surface area contributed by atoms with Gasteiger partial charge in [0.2, 0.25) is 0 Å². The van der Waals surface area contributed by atoms with Crippen LogP contribution in [0, 0.1) is 32.1 Å². The van der Waals surface area contributed by atoms with Crippen molar-refractivity contribution in [1.82, 2.24) is 39.0 Å². The zero-order valence-electron chi connectivity index (χ0n) is 38.1. The van der Waals surface area contributed by atoms with E-state index in [1.165, 1.54) is 0 Å². The summed E-state index contributed by atoms with van der Waals surface area (Å²) < 4.78 is 9.20. The van der Waals surface area contributed by atoms with E-state index in [0.717, 1.165) is 128 Å². The molecule has 4 fully saturated rings. The summed E-state index contributed by atoms with van der Waals surface area (Å²) in [5.74, 6) is 1.34. The van der Waals surface area contributed by atoms with E-state index in [0.29, 0.717) is 47.4 Å². The molecule has 0 radical (unpaired) electrons. The number of aromatic nitrogens is 6. The molecular formula is C52H65N11O3. The van der Waals surface area contributed by atoms with Crippen LogP contribution in [-0.2, 0) is 0 Å². The van der Waals surface area contributed by atoms with Gasteiger partial charge in [-0.05, 0) is 133 Å². The van der Waals surface area contributed by atoms with Gasteiger partial charge in [0.15, 0.2) is 11.3 Å². The van der Waals surface area contributed by atoms with E-state index in [2.05, 4.69) is 32.2 Å². The van der Waals surface area contributed by atoms with Crippen molar-refractivity contribution in [2.45, 2.75) is 141 Å². The molecule has 6 aromatic rings. The maximum atomic E-state index is 13.6. The molecule has 2 aliphatic carbocycles. The molecule has 10 rings (SSSR count). The maximum absolute atomic E-state index is 13.6. The molecule has 4 aromatic heterocycles. The summed E-state index contributed by atoms with van der Waals surface area (Å²) in [5, 5.41) is 19.1. The second-order valence-electron chi connectivity index (χ2n) is 18.8. The zero-order valence-corrected chi connectivity index (χ0v) is 38.1. The van der Waals surface area contributed by atoms with E-state index < -0.39 is 0 Å². The number of ether oxygens (including phenoxy) is 1. The minimum Gasteiger partial charge on any atom is -0.496 e. The van der Waals surface area contributed by atoms with Crippen molar-refractivity contribution in [3.8, 4) is 11.8 Å². The molecule has 2 saturated carbocycles. The Bertz CT molecular complexity index is 2770. The molecule has 4 N–H and O–H groups in total. The minimum absolute atomic E-state index is 0. The number of piperidine rings is 2. The Balaban J connectivity index is 0.000000177. The van der Waals surface area contributed by atoms with Crippen molar-refractivity contribution >= 4 is 23.1 Å². The average molecular weight is 892 g/mol. The number of rotatable bonds is 7. The Kier molecular flexibility index (Phi) is 13.9. The monoisotopic (exact) mass is 892 g/mol. The summed E-state index contributed by atoms with van der Waals surface area (Å²) in [6, 6.07) is 19.3. The SMILES string of the molecule is C.COc1ccc(C)cc1C(=O)N1CCCC[C@H]1c1cc2nc(C3CC[C@H](N)C3)c(C)cn2n1.Cc1cn2nc([C@@H]3CCCCN3C(=O)c3ccccc3C#N)cc2nc1C1CC[C@H](N)C1. The fourth-order valence-corrected chi connectivity index (χ4v) is 10.8. The van der Waals surface area contributed by atoms with Crippen LogP contribution in [0.15, 0.2) is 67.0 Å². The van der Waals surface area contributed by atoms with Gasteiger partial charge < -0.3 is 26.0 Å². The van der Waals surface area contributed by atoms with Crippen LogP contribution in [-0.4, -0.2) is 83.1 Å². The number of nitrogens with two attached hydrogens (primary N) is 2. The van der Waals surface area contributed by atoms with E-state index in [9.17, 15) is 14.9 Å². The summed E-state index contributed by atoms with van der Waals surface area (Å²) >= 11 is 0. The van der Waals surface area contributed by atoms with Crippen LogP contribution in [0.1, 0.15) is 174 Å². The van der Waals surface area contributed by atoms with E-state index in [4.69, 9.17) is 36.4 Å². The average Bonchev–Trinajstić information content (AvgIpc) is 4.15. The van der Waals surface area contributed by atoms with Gasteiger partial charge in [0.1, 0.15) is 5.75 Å². The number of carbonyl (C=O) groups excluding carboxylic acids is 2.